The number of ether oxygens (including phenoxy) is 2. The highest BCUT2D eigenvalue weighted by atomic mass is 19.1. The fourth-order valence-corrected chi connectivity index (χ4v) is 6.43. The predicted octanol–water partition coefficient (Wildman–Crippen LogP) is 5.56. The van der Waals surface area contributed by atoms with Crippen molar-refractivity contribution >= 4 is 29.7 Å². The molecular weight excluding hydrogens is 765 g/mol. The zero-order chi connectivity index (χ0) is 45.2. The molecule has 0 saturated heterocycles. The van der Waals surface area contributed by atoms with E-state index in [-0.39, 0.29) is 37.8 Å². The molecule has 1 aromatic heterocycles. The van der Waals surface area contributed by atoms with E-state index in [1.165, 1.54) is 4.90 Å². The Morgan fingerprint density at radius 2 is 1.54 bits per heavy atom. The number of aromatic nitrogens is 1. The van der Waals surface area contributed by atoms with E-state index in [1.54, 1.807) is 53.8 Å². The third-order valence-corrected chi connectivity index (χ3v) is 8.92. The molecule has 0 saturated carbocycles. The molecule has 0 aliphatic carbocycles. The molecule has 2 aromatic carbocycles. The smallest absolute Gasteiger partial charge is 0.329 e. The van der Waals surface area contributed by atoms with Gasteiger partial charge in [0.1, 0.15) is 35.5 Å². The van der Waals surface area contributed by atoms with Crippen molar-refractivity contribution in [1.82, 2.24) is 20.1 Å². The summed E-state index contributed by atoms with van der Waals surface area (Å²) in [5.41, 5.74) is 5.78. The van der Waals surface area contributed by atoms with Gasteiger partial charge in [-0.25, -0.2) is 13.6 Å². The Labute approximate surface area is 347 Å². The maximum atomic E-state index is 15.1. The van der Waals surface area contributed by atoms with Crippen LogP contribution in [0.5, 0.6) is 0 Å². The topological polar surface area (TPSA) is 182 Å². The third kappa shape index (κ3) is 15.5. The van der Waals surface area contributed by atoms with Crippen LogP contribution in [0, 0.1) is 17.0 Å². The standard InChI is InChI=1S/C44H61F2N5O8/c1-42(2,3)39(35-23-29(31-24-30(45)15-16-32(31)46)26-50(35)25-28-13-11-10-12-14-28)51(37(54)27-52)22-20-33(47)40(56)48-21-19-36(53)49-34(41(57)59-44(7,8)9)17-18-38(55)58-43(4,5)6/h10-16,23-24,26,33-34,39,52H,17-22,25,27,47H2,1-9H3,(H,48,56)(H,49,53)/t33-,34-,39-/m0/s1/i/hD. The molecule has 1 heterocycles. The van der Waals surface area contributed by atoms with E-state index in [2.05, 4.69) is 5.32 Å². The van der Waals surface area contributed by atoms with Gasteiger partial charge in [0.05, 0.1) is 12.1 Å². The lowest BCUT2D eigenvalue weighted by Crippen LogP contribution is -2.48. The minimum atomic E-state index is -1.31. The summed E-state index contributed by atoms with van der Waals surface area (Å²) in [6.45, 7) is 14.6. The van der Waals surface area contributed by atoms with Crippen LogP contribution in [0.1, 0.15) is 105 Å². The predicted molar refractivity (Wildman–Crippen MR) is 219 cm³/mol. The van der Waals surface area contributed by atoms with Crippen molar-refractivity contribution in [1.29, 1.82) is 0 Å². The van der Waals surface area contributed by atoms with Crippen LogP contribution in [0.4, 0.5) is 8.78 Å². The summed E-state index contributed by atoms with van der Waals surface area (Å²) < 4.78 is 50.4. The van der Waals surface area contributed by atoms with Crippen LogP contribution in [-0.4, -0.2) is 87.2 Å². The lowest BCUT2D eigenvalue weighted by Gasteiger charge is -2.41. The molecule has 3 atom stereocenters. The minimum Gasteiger partial charge on any atom is -0.460 e. The van der Waals surface area contributed by atoms with Gasteiger partial charge in [-0.3, -0.25) is 19.2 Å². The monoisotopic (exact) mass is 826 g/mol. The first-order valence-corrected chi connectivity index (χ1v) is 19.7. The number of carbonyl (C=O) groups excluding carboxylic acids is 5. The van der Waals surface area contributed by atoms with Crippen molar-refractivity contribution in [2.75, 3.05) is 19.7 Å². The number of benzene rings is 2. The van der Waals surface area contributed by atoms with E-state index >= 15 is 4.39 Å². The van der Waals surface area contributed by atoms with Gasteiger partial charge in [-0.1, -0.05) is 51.1 Å². The number of aliphatic hydroxyl groups excluding tert-OH is 1. The number of nitrogens with zero attached hydrogens (tertiary/aromatic N) is 2. The van der Waals surface area contributed by atoms with Crippen molar-refractivity contribution in [3.8, 4) is 11.1 Å². The molecule has 5 N–H and O–H groups in total. The normalized spacial score (nSPS) is 13.7. The van der Waals surface area contributed by atoms with Crippen LogP contribution in [-0.2, 0) is 40.0 Å². The lowest BCUT2D eigenvalue weighted by atomic mass is 9.82. The van der Waals surface area contributed by atoms with Gasteiger partial charge in [-0.05, 0) is 89.6 Å². The van der Waals surface area contributed by atoms with Crippen LogP contribution >= 0.6 is 0 Å². The van der Waals surface area contributed by atoms with Crippen molar-refractivity contribution in [2.45, 2.75) is 124 Å². The fourth-order valence-electron chi connectivity index (χ4n) is 6.43. The Morgan fingerprint density at radius 1 is 0.898 bits per heavy atom. The Kier molecular flexibility index (Phi) is 16.3. The molecule has 0 aliphatic heterocycles. The number of amides is 3. The number of rotatable bonds is 18. The van der Waals surface area contributed by atoms with Gasteiger partial charge in [0.15, 0.2) is 1.41 Å². The molecule has 13 nitrogen and oxygen atoms in total. The van der Waals surface area contributed by atoms with Crippen molar-refractivity contribution in [2.24, 2.45) is 11.1 Å². The summed E-state index contributed by atoms with van der Waals surface area (Å²) >= 11 is 0. The number of halogens is 2. The van der Waals surface area contributed by atoms with Crippen LogP contribution in [0.3, 0.4) is 0 Å². The maximum absolute atomic E-state index is 15.1. The zero-order valence-corrected chi connectivity index (χ0v) is 35.6. The summed E-state index contributed by atoms with van der Waals surface area (Å²) in [6.07, 6.45) is 0.858. The van der Waals surface area contributed by atoms with Gasteiger partial charge in [0.2, 0.25) is 17.7 Å². The molecule has 3 aromatic rings. The first-order chi connectivity index (χ1) is 27.8. The second kappa shape index (κ2) is 20.7. The van der Waals surface area contributed by atoms with E-state index in [0.29, 0.717) is 23.1 Å². The van der Waals surface area contributed by atoms with E-state index in [0.717, 1.165) is 23.8 Å². The number of nitrogens with two attached hydrogens (primary N) is 1. The average Bonchev–Trinajstić information content (AvgIpc) is 3.54. The summed E-state index contributed by atoms with van der Waals surface area (Å²) in [6, 6.07) is 11.0. The highest BCUT2D eigenvalue weighted by Crippen LogP contribution is 2.41. The zero-order valence-electron chi connectivity index (χ0n) is 36.6. The second-order valence-corrected chi connectivity index (χ2v) is 17.5. The summed E-state index contributed by atoms with van der Waals surface area (Å²) in [5.74, 6) is -4.81. The van der Waals surface area contributed by atoms with E-state index < -0.39 is 89.2 Å². The lowest BCUT2D eigenvalue weighted by molar-refractivity contribution is -0.160. The maximum Gasteiger partial charge on any atom is 0.329 e. The van der Waals surface area contributed by atoms with Gasteiger partial charge in [0.25, 0.3) is 0 Å². The average molecular weight is 827 g/mol. The van der Waals surface area contributed by atoms with Crippen molar-refractivity contribution in [3.63, 3.8) is 0 Å². The Bertz CT molecular complexity index is 1960. The van der Waals surface area contributed by atoms with Gasteiger partial charge < -0.3 is 40.4 Å². The molecule has 0 bridgehead atoms. The SMILES string of the molecule is [2H]N(CCC(=O)N[C@@H](CCC(=O)OC(C)(C)C)C(=O)OC(C)(C)C)C(=O)[C@@H](N)CCN(C(=O)CO)[C@@H](c1cc(-c2cc(F)ccc2F)cn1Cc1ccccc1)C(C)(C)C. The number of aliphatic hydroxyl groups is 1. The molecular formula is C44H61F2N5O8. The summed E-state index contributed by atoms with van der Waals surface area (Å²) in [5, 5.41) is 13.2. The van der Waals surface area contributed by atoms with Gasteiger partial charge in [-0.2, -0.15) is 0 Å². The number of carbonyl (C=O) groups is 5. The molecule has 59 heavy (non-hydrogen) atoms. The number of hydrogen-bond acceptors (Lipinski definition) is 9. The second-order valence-electron chi connectivity index (χ2n) is 17.5. The van der Waals surface area contributed by atoms with Gasteiger partial charge in [0, 0.05) is 55.5 Å². The highest BCUT2D eigenvalue weighted by molar-refractivity contribution is 5.86. The molecule has 0 aliphatic rings. The largest absolute Gasteiger partial charge is 0.460 e. The summed E-state index contributed by atoms with van der Waals surface area (Å²) in [4.78, 5) is 66.6. The number of esters is 2. The van der Waals surface area contributed by atoms with Crippen LogP contribution < -0.4 is 16.4 Å². The molecule has 0 spiro atoms. The first kappa shape index (κ1) is 46.5. The quantitative estimate of drug-likeness (QED) is 0.119. The van der Waals surface area contributed by atoms with Crippen molar-refractivity contribution < 1.29 is 48.7 Å². The Hall–Kier alpha value is -5.15. The molecule has 0 unspecified atom stereocenters. The summed E-state index contributed by atoms with van der Waals surface area (Å²) in [7, 11) is 0. The highest BCUT2D eigenvalue weighted by Gasteiger charge is 2.37. The third-order valence-electron chi connectivity index (χ3n) is 8.92. The van der Waals surface area contributed by atoms with E-state index in [9.17, 15) is 33.5 Å². The van der Waals surface area contributed by atoms with E-state index in [4.69, 9.17) is 16.6 Å². The van der Waals surface area contributed by atoms with Crippen LogP contribution in [0.15, 0.2) is 60.8 Å². The van der Waals surface area contributed by atoms with Crippen molar-refractivity contribution in [3.05, 3.63) is 83.7 Å². The number of hydrogen-bond donors (Lipinski definition) is 4. The fraction of sp³-hybridized carbons (Fsp3) is 0.523. The number of nitrogens with one attached hydrogen (secondary N) is 2. The molecule has 3 rings (SSSR count). The molecule has 0 radical (unpaired) electrons. The van der Waals surface area contributed by atoms with Crippen LogP contribution in [0.25, 0.3) is 11.1 Å². The molecule has 0 fully saturated rings. The molecule has 324 valence electrons. The van der Waals surface area contributed by atoms with E-state index in [1.807, 2.05) is 55.7 Å². The minimum absolute atomic E-state index is 0.0220. The molecule has 3 amide bonds. The Balaban J connectivity index is 1.80. The Morgan fingerprint density at radius 3 is 2.14 bits per heavy atom. The molecule has 15 heteroatoms. The first-order valence-electron chi connectivity index (χ1n) is 20.1. The van der Waals surface area contributed by atoms with Crippen LogP contribution in [0.2, 0.25) is 1.41 Å². The van der Waals surface area contributed by atoms with Gasteiger partial charge >= 0.3 is 11.9 Å². The van der Waals surface area contributed by atoms with Gasteiger partial charge in [-0.15, -0.1) is 0 Å².